The molecule has 0 bridgehead atoms. The predicted octanol–water partition coefficient (Wildman–Crippen LogP) is 3.47. The number of nitrogens with one attached hydrogen (secondary N) is 1. The number of hydrogen-bond donors (Lipinski definition) is 1. The number of aromatic nitrogens is 2. The van der Waals surface area contributed by atoms with Gasteiger partial charge < -0.3 is 4.98 Å². The summed E-state index contributed by atoms with van der Waals surface area (Å²) in [6.45, 7) is 0. The predicted molar refractivity (Wildman–Crippen MR) is 90.0 cm³/mol. The van der Waals surface area contributed by atoms with Gasteiger partial charge in [-0.05, 0) is 44.1 Å². The standard InChI is InChI=1S/C16H18N2O2S2/c19-10-6-2-4-8-12(10)22-16-17-14(20)13-9-5-1-3-7-11(9)21-15(13)18-16/h12H,1-8H2,(H,17,18,20). The Labute approximate surface area is 136 Å². The van der Waals surface area contributed by atoms with Crippen LogP contribution in [0.25, 0.3) is 10.2 Å². The molecule has 2 aliphatic carbocycles. The molecule has 2 aromatic rings. The first-order chi connectivity index (χ1) is 10.7. The lowest BCUT2D eigenvalue weighted by Gasteiger charge is -2.18. The summed E-state index contributed by atoms with van der Waals surface area (Å²) in [5, 5.41) is 1.36. The Kier molecular flexibility index (Phi) is 3.82. The molecule has 2 aromatic heterocycles. The van der Waals surface area contributed by atoms with E-state index in [2.05, 4.69) is 9.97 Å². The van der Waals surface area contributed by atoms with Crippen LogP contribution in [-0.4, -0.2) is 21.0 Å². The van der Waals surface area contributed by atoms with Crippen molar-refractivity contribution in [1.29, 1.82) is 0 Å². The first kappa shape index (κ1) is 14.5. The molecule has 22 heavy (non-hydrogen) atoms. The zero-order valence-corrected chi connectivity index (χ0v) is 13.9. The van der Waals surface area contributed by atoms with Crippen molar-refractivity contribution in [2.24, 2.45) is 0 Å². The fraction of sp³-hybridized carbons (Fsp3) is 0.562. The maximum atomic E-state index is 12.5. The van der Waals surface area contributed by atoms with Crippen LogP contribution in [0.3, 0.4) is 0 Å². The molecule has 0 saturated heterocycles. The molecule has 4 rings (SSSR count). The Balaban J connectivity index is 1.71. The Morgan fingerprint density at radius 2 is 1.91 bits per heavy atom. The number of rotatable bonds is 2. The number of hydrogen-bond acceptors (Lipinski definition) is 5. The molecule has 1 fully saturated rings. The molecule has 1 atom stereocenters. The zero-order chi connectivity index (χ0) is 15.1. The maximum absolute atomic E-state index is 12.5. The molecule has 0 aliphatic heterocycles. The molecular formula is C16H18N2O2S2. The molecule has 1 saturated carbocycles. The topological polar surface area (TPSA) is 62.8 Å². The highest BCUT2D eigenvalue weighted by atomic mass is 32.2. The second-order valence-electron chi connectivity index (χ2n) is 6.08. The van der Waals surface area contributed by atoms with Gasteiger partial charge in [-0.1, -0.05) is 18.2 Å². The molecule has 0 radical (unpaired) electrons. The van der Waals surface area contributed by atoms with Crippen LogP contribution >= 0.6 is 23.1 Å². The van der Waals surface area contributed by atoms with Gasteiger partial charge in [-0.3, -0.25) is 9.59 Å². The van der Waals surface area contributed by atoms with Crippen LogP contribution < -0.4 is 5.56 Å². The van der Waals surface area contributed by atoms with Gasteiger partial charge in [0.1, 0.15) is 10.6 Å². The van der Waals surface area contributed by atoms with Crippen molar-refractivity contribution < 1.29 is 4.79 Å². The van der Waals surface area contributed by atoms with Gasteiger partial charge in [0.2, 0.25) is 0 Å². The maximum Gasteiger partial charge on any atom is 0.260 e. The first-order valence-electron chi connectivity index (χ1n) is 7.96. The number of aromatic amines is 1. The third-order valence-corrected chi connectivity index (χ3v) is 6.94. The zero-order valence-electron chi connectivity index (χ0n) is 12.3. The molecule has 0 spiro atoms. The van der Waals surface area contributed by atoms with Crippen LogP contribution in [0.1, 0.15) is 49.0 Å². The largest absolute Gasteiger partial charge is 0.301 e. The van der Waals surface area contributed by atoms with E-state index in [0.717, 1.165) is 48.7 Å². The quantitative estimate of drug-likeness (QED) is 0.854. The van der Waals surface area contributed by atoms with Crippen molar-refractivity contribution in [2.45, 2.75) is 61.8 Å². The van der Waals surface area contributed by atoms with Gasteiger partial charge in [0, 0.05) is 11.3 Å². The van der Waals surface area contributed by atoms with E-state index < -0.39 is 0 Å². The highest BCUT2D eigenvalue weighted by molar-refractivity contribution is 8.00. The summed E-state index contributed by atoms with van der Waals surface area (Å²) in [6, 6.07) is 0. The molecular weight excluding hydrogens is 316 g/mol. The van der Waals surface area contributed by atoms with Gasteiger partial charge in [-0.2, -0.15) is 0 Å². The highest BCUT2D eigenvalue weighted by Crippen LogP contribution is 2.35. The monoisotopic (exact) mass is 334 g/mol. The Morgan fingerprint density at radius 3 is 2.77 bits per heavy atom. The van der Waals surface area contributed by atoms with Crippen LogP contribution in [0.15, 0.2) is 9.95 Å². The minimum Gasteiger partial charge on any atom is -0.301 e. The Hall–Kier alpha value is -1.14. The number of nitrogens with zero attached hydrogens (tertiary/aromatic N) is 1. The van der Waals surface area contributed by atoms with E-state index in [1.54, 1.807) is 11.3 Å². The number of ketones is 1. The van der Waals surface area contributed by atoms with Gasteiger partial charge in [-0.25, -0.2) is 4.98 Å². The lowest BCUT2D eigenvalue weighted by molar-refractivity contribution is -0.119. The number of thioether (sulfide) groups is 1. The van der Waals surface area contributed by atoms with Crippen LogP contribution in [-0.2, 0) is 17.6 Å². The number of Topliss-reactive ketones (excluding diaryl/α,β-unsaturated/α-hetero) is 1. The number of carbonyl (C=O) groups is 1. The smallest absolute Gasteiger partial charge is 0.260 e. The fourth-order valence-corrected chi connectivity index (χ4v) is 5.83. The van der Waals surface area contributed by atoms with E-state index in [-0.39, 0.29) is 10.8 Å². The summed E-state index contributed by atoms with van der Waals surface area (Å²) in [5.41, 5.74) is 1.18. The van der Waals surface area contributed by atoms with Crippen molar-refractivity contribution in [3.63, 3.8) is 0 Å². The fourth-order valence-electron chi connectivity index (χ4n) is 3.41. The first-order valence-corrected chi connectivity index (χ1v) is 9.66. The van der Waals surface area contributed by atoms with E-state index in [0.29, 0.717) is 17.4 Å². The van der Waals surface area contributed by atoms with Crippen LogP contribution in [0.4, 0.5) is 0 Å². The lowest BCUT2D eigenvalue weighted by atomic mass is 9.97. The number of thiophene rings is 1. The molecule has 0 amide bonds. The Morgan fingerprint density at radius 1 is 1.09 bits per heavy atom. The van der Waals surface area contributed by atoms with Crippen molar-refractivity contribution in [3.05, 3.63) is 20.8 Å². The number of aryl methyl sites for hydroxylation is 2. The number of H-pyrrole nitrogens is 1. The molecule has 1 unspecified atom stereocenters. The summed E-state index contributed by atoms with van der Waals surface area (Å²) in [5.74, 6) is 0.296. The average Bonchev–Trinajstić information content (AvgIpc) is 2.88. The van der Waals surface area contributed by atoms with Crippen LogP contribution in [0.5, 0.6) is 0 Å². The summed E-state index contributed by atoms with van der Waals surface area (Å²) in [6.07, 6.45) is 8.07. The normalized spacial score (nSPS) is 22.0. The van der Waals surface area contributed by atoms with E-state index in [9.17, 15) is 9.59 Å². The number of fused-ring (bicyclic) bond motifs is 3. The van der Waals surface area contributed by atoms with Crippen LogP contribution in [0.2, 0.25) is 0 Å². The number of carbonyl (C=O) groups excluding carboxylic acids is 1. The average molecular weight is 334 g/mol. The summed E-state index contributed by atoms with van der Waals surface area (Å²) < 4.78 is 0. The van der Waals surface area contributed by atoms with Crippen molar-refractivity contribution in [1.82, 2.24) is 9.97 Å². The second kappa shape index (κ2) is 5.81. The van der Waals surface area contributed by atoms with Crippen molar-refractivity contribution >= 4 is 39.1 Å². The summed E-state index contributed by atoms with van der Waals surface area (Å²) in [7, 11) is 0. The third kappa shape index (κ3) is 2.52. The molecule has 1 N–H and O–H groups in total. The molecule has 116 valence electrons. The highest BCUT2D eigenvalue weighted by Gasteiger charge is 2.25. The van der Waals surface area contributed by atoms with Gasteiger partial charge in [0.05, 0.1) is 10.6 Å². The van der Waals surface area contributed by atoms with Gasteiger partial charge in [0.15, 0.2) is 5.16 Å². The Bertz CT molecular complexity index is 793. The molecule has 2 heterocycles. The molecule has 0 aromatic carbocycles. The molecule has 4 nitrogen and oxygen atoms in total. The van der Waals surface area contributed by atoms with Crippen molar-refractivity contribution in [3.8, 4) is 0 Å². The van der Waals surface area contributed by atoms with Gasteiger partial charge in [-0.15, -0.1) is 11.3 Å². The van der Waals surface area contributed by atoms with Crippen LogP contribution in [0, 0.1) is 0 Å². The van der Waals surface area contributed by atoms with Crippen molar-refractivity contribution in [2.75, 3.05) is 0 Å². The van der Waals surface area contributed by atoms with E-state index in [4.69, 9.17) is 0 Å². The SMILES string of the molecule is O=C1CCCCC1Sc1nc2sc3c(c2c(=O)[nH]1)CCCC3. The second-order valence-corrected chi connectivity index (χ2v) is 8.36. The van der Waals surface area contributed by atoms with E-state index >= 15 is 0 Å². The summed E-state index contributed by atoms with van der Waals surface area (Å²) in [4.78, 5) is 34.2. The molecule has 6 heteroatoms. The minimum atomic E-state index is -0.0380. The van der Waals surface area contributed by atoms with Gasteiger partial charge in [0.25, 0.3) is 5.56 Å². The van der Waals surface area contributed by atoms with E-state index in [1.807, 2.05) is 0 Å². The lowest BCUT2D eigenvalue weighted by Crippen LogP contribution is -2.22. The summed E-state index contributed by atoms with van der Waals surface area (Å²) >= 11 is 3.10. The third-order valence-electron chi connectivity index (χ3n) is 4.56. The van der Waals surface area contributed by atoms with E-state index in [1.165, 1.54) is 28.6 Å². The van der Waals surface area contributed by atoms with Gasteiger partial charge >= 0.3 is 0 Å². The minimum absolute atomic E-state index is 0.0323. The molecule has 2 aliphatic rings.